The summed E-state index contributed by atoms with van der Waals surface area (Å²) in [7, 11) is 0. The van der Waals surface area contributed by atoms with Crippen molar-refractivity contribution in [2.75, 3.05) is 13.2 Å². The van der Waals surface area contributed by atoms with Crippen molar-refractivity contribution in [1.82, 2.24) is 0 Å². The number of allylic oxidation sites excluding steroid dienone is 1. The maximum Gasteiger partial charge on any atom is 0.123 e. The minimum absolute atomic E-state index is 0.0148. The average Bonchev–Trinajstić information content (AvgIpc) is 3.03. The van der Waals surface area contributed by atoms with Gasteiger partial charge in [-0.1, -0.05) is 18.2 Å². The smallest absolute Gasteiger partial charge is 0.123 e. The third-order valence-corrected chi connectivity index (χ3v) is 3.96. The van der Waals surface area contributed by atoms with E-state index in [2.05, 4.69) is 12.6 Å². The Labute approximate surface area is 95.6 Å². The van der Waals surface area contributed by atoms with Crippen LogP contribution in [-0.2, 0) is 5.41 Å². The van der Waals surface area contributed by atoms with E-state index in [-0.39, 0.29) is 12.0 Å². The Bertz CT molecular complexity index is 464. The van der Waals surface area contributed by atoms with E-state index in [1.54, 1.807) is 0 Å². The van der Waals surface area contributed by atoms with E-state index in [4.69, 9.17) is 4.74 Å². The Kier molecular flexibility index (Phi) is 1.93. The average molecular weight is 216 g/mol. The summed E-state index contributed by atoms with van der Waals surface area (Å²) < 4.78 is 5.70. The summed E-state index contributed by atoms with van der Waals surface area (Å²) in [6.45, 7) is 6.94. The second-order valence-corrected chi connectivity index (χ2v) is 5.02. The van der Waals surface area contributed by atoms with Crippen LogP contribution in [0.1, 0.15) is 24.5 Å². The first-order valence-corrected chi connectivity index (χ1v) is 5.71. The molecule has 84 valence electrons. The van der Waals surface area contributed by atoms with Gasteiger partial charge in [-0.3, -0.25) is 0 Å². The van der Waals surface area contributed by atoms with Gasteiger partial charge in [-0.15, -0.1) is 0 Å². The van der Waals surface area contributed by atoms with Gasteiger partial charge in [0, 0.05) is 16.9 Å². The van der Waals surface area contributed by atoms with Gasteiger partial charge in [-0.2, -0.15) is 0 Å². The summed E-state index contributed by atoms with van der Waals surface area (Å²) in [5, 5.41) is 9.59. The molecule has 0 aromatic heterocycles. The first kappa shape index (κ1) is 9.91. The molecule has 0 spiro atoms. The zero-order valence-electron chi connectivity index (χ0n) is 9.49. The topological polar surface area (TPSA) is 29.5 Å². The molecule has 1 heterocycles. The van der Waals surface area contributed by atoms with Crippen molar-refractivity contribution in [3.05, 3.63) is 35.9 Å². The van der Waals surface area contributed by atoms with Crippen molar-refractivity contribution < 1.29 is 9.84 Å². The van der Waals surface area contributed by atoms with E-state index < -0.39 is 0 Å². The zero-order valence-corrected chi connectivity index (χ0v) is 9.49. The van der Waals surface area contributed by atoms with Crippen molar-refractivity contribution >= 4 is 5.57 Å². The Morgan fingerprint density at radius 2 is 2.44 bits per heavy atom. The van der Waals surface area contributed by atoms with Crippen molar-refractivity contribution in [2.24, 2.45) is 5.92 Å². The minimum atomic E-state index is -0.0148. The molecule has 2 nitrogen and oxygen atoms in total. The van der Waals surface area contributed by atoms with E-state index in [9.17, 15) is 5.11 Å². The molecule has 0 saturated heterocycles. The van der Waals surface area contributed by atoms with E-state index in [1.807, 2.05) is 19.1 Å². The highest BCUT2D eigenvalue weighted by atomic mass is 16.5. The summed E-state index contributed by atoms with van der Waals surface area (Å²) in [4.78, 5) is 0. The third-order valence-electron chi connectivity index (χ3n) is 3.96. The van der Waals surface area contributed by atoms with Crippen LogP contribution in [0.5, 0.6) is 5.75 Å². The molecule has 1 aliphatic heterocycles. The molecule has 1 aromatic rings. The molecule has 1 aromatic carbocycles. The predicted octanol–water partition coefficient (Wildman–Crippen LogP) is 2.36. The first-order chi connectivity index (χ1) is 7.67. The maximum atomic E-state index is 9.59. The molecule has 2 aliphatic rings. The number of aliphatic hydroxyl groups is 1. The standard InChI is InChI=1S/C14H16O2/c1-9(2)10-3-4-13-12(5-10)14(8-15)6-11(14)7-16-13/h3-5,11,15H,1,6-8H2,2H3. The third kappa shape index (κ3) is 1.17. The van der Waals surface area contributed by atoms with Crippen molar-refractivity contribution in [2.45, 2.75) is 18.8 Å². The summed E-state index contributed by atoms with van der Waals surface area (Å²) in [6.07, 6.45) is 1.05. The van der Waals surface area contributed by atoms with Crippen LogP contribution >= 0.6 is 0 Å². The lowest BCUT2D eigenvalue weighted by molar-refractivity contribution is 0.197. The number of fused-ring (bicyclic) bond motifs is 3. The monoisotopic (exact) mass is 216 g/mol. The summed E-state index contributed by atoms with van der Waals surface area (Å²) in [5.41, 5.74) is 3.35. The van der Waals surface area contributed by atoms with Crippen LogP contribution in [0.3, 0.4) is 0 Å². The van der Waals surface area contributed by atoms with Crippen LogP contribution < -0.4 is 4.74 Å². The van der Waals surface area contributed by atoms with Gasteiger partial charge in [0.25, 0.3) is 0 Å². The minimum Gasteiger partial charge on any atom is -0.493 e. The Morgan fingerprint density at radius 3 is 3.12 bits per heavy atom. The molecule has 1 saturated carbocycles. The second kappa shape index (κ2) is 3.11. The van der Waals surface area contributed by atoms with E-state index in [0.29, 0.717) is 5.92 Å². The molecule has 1 fully saturated rings. The van der Waals surface area contributed by atoms with E-state index in [1.165, 1.54) is 5.56 Å². The number of aliphatic hydroxyl groups excluding tert-OH is 1. The van der Waals surface area contributed by atoms with Crippen molar-refractivity contribution in [3.8, 4) is 5.75 Å². The van der Waals surface area contributed by atoms with Crippen molar-refractivity contribution in [1.29, 1.82) is 0 Å². The highest BCUT2D eigenvalue weighted by molar-refractivity contribution is 5.65. The van der Waals surface area contributed by atoms with Gasteiger partial charge in [-0.25, -0.2) is 0 Å². The molecule has 2 heteroatoms. The fourth-order valence-corrected chi connectivity index (χ4v) is 2.71. The first-order valence-electron chi connectivity index (χ1n) is 5.71. The maximum absolute atomic E-state index is 9.59. The van der Waals surface area contributed by atoms with E-state index >= 15 is 0 Å². The largest absolute Gasteiger partial charge is 0.493 e. The normalized spacial score (nSPS) is 30.0. The molecular formula is C14H16O2. The number of ether oxygens (including phenoxy) is 1. The van der Waals surface area contributed by atoms with Crippen molar-refractivity contribution in [3.63, 3.8) is 0 Å². The van der Waals surface area contributed by atoms with Gasteiger partial charge in [0.2, 0.25) is 0 Å². The zero-order chi connectivity index (χ0) is 11.3. The molecule has 0 bridgehead atoms. The molecular weight excluding hydrogens is 200 g/mol. The second-order valence-electron chi connectivity index (χ2n) is 5.02. The SMILES string of the molecule is C=C(C)c1ccc2c(c1)C1(CO)CC1CO2. The molecule has 0 radical (unpaired) electrons. The van der Waals surface area contributed by atoms with Gasteiger partial charge in [0.15, 0.2) is 0 Å². The van der Waals surface area contributed by atoms with Gasteiger partial charge < -0.3 is 9.84 Å². The number of rotatable bonds is 2. The molecule has 1 N–H and O–H groups in total. The number of hydrogen-bond acceptors (Lipinski definition) is 2. The quantitative estimate of drug-likeness (QED) is 0.822. The van der Waals surface area contributed by atoms with Gasteiger partial charge in [-0.05, 0) is 31.0 Å². The Morgan fingerprint density at radius 1 is 1.62 bits per heavy atom. The Hall–Kier alpha value is -1.28. The summed E-state index contributed by atoms with van der Waals surface area (Å²) in [6, 6.07) is 6.17. The van der Waals surface area contributed by atoms with Crippen LogP contribution in [0, 0.1) is 5.92 Å². The molecule has 3 rings (SSSR count). The van der Waals surface area contributed by atoms with Crippen LogP contribution in [0.25, 0.3) is 5.57 Å². The fourth-order valence-electron chi connectivity index (χ4n) is 2.71. The lowest BCUT2D eigenvalue weighted by Crippen LogP contribution is -2.24. The molecule has 2 atom stereocenters. The molecule has 16 heavy (non-hydrogen) atoms. The van der Waals surface area contributed by atoms with Crippen LogP contribution in [-0.4, -0.2) is 18.3 Å². The molecule has 2 unspecified atom stereocenters. The van der Waals surface area contributed by atoms with Gasteiger partial charge >= 0.3 is 0 Å². The fraction of sp³-hybridized carbons (Fsp3) is 0.429. The Balaban J connectivity index is 2.12. The van der Waals surface area contributed by atoms with Crippen LogP contribution in [0.15, 0.2) is 24.8 Å². The van der Waals surface area contributed by atoms with Crippen LogP contribution in [0.4, 0.5) is 0 Å². The lowest BCUT2D eigenvalue weighted by atomic mass is 9.89. The van der Waals surface area contributed by atoms with E-state index in [0.717, 1.165) is 29.9 Å². The van der Waals surface area contributed by atoms with Gasteiger partial charge in [0.05, 0.1) is 13.2 Å². The number of hydrogen-bond donors (Lipinski definition) is 1. The summed E-state index contributed by atoms with van der Waals surface area (Å²) in [5.74, 6) is 1.44. The van der Waals surface area contributed by atoms with Gasteiger partial charge in [0.1, 0.15) is 5.75 Å². The highest BCUT2D eigenvalue weighted by Gasteiger charge is 2.58. The number of benzene rings is 1. The van der Waals surface area contributed by atoms with Crippen LogP contribution in [0.2, 0.25) is 0 Å². The lowest BCUT2D eigenvalue weighted by Gasteiger charge is -2.25. The highest BCUT2D eigenvalue weighted by Crippen LogP contribution is 2.59. The summed E-state index contributed by atoms with van der Waals surface area (Å²) >= 11 is 0. The molecule has 1 aliphatic carbocycles. The predicted molar refractivity (Wildman–Crippen MR) is 63.5 cm³/mol. The molecule has 0 amide bonds.